The van der Waals surface area contributed by atoms with Gasteiger partial charge in [0, 0.05) is 13.0 Å². The van der Waals surface area contributed by atoms with Gasteiger partial charge in [-0.1, -0.05) is 17.7 Å². The van der Waals surface area contributed by atoms with Gasteiger partial charge in [0.1, 0.15) is 5.75 Å². The Balaban J connectivity index is 2.23. The smallest absolute Gasteiger partial charge is 0.257 e. The molecule has 0 fully saturated rings. The van der Waals surface area contributed by atoms with Crippen LogP contribution in [-0.4, -0.2) is 24.3 Å². The van der Waals surface area contributed by atoms with Crippen LogP contribution in [0, 0.1) is 6.92 Å². The lowest BCUT2D eigenvalue weighted by molar-refractivity contribution is -0.123. The van der Waals surface area contributed by atoms with Crippen LogP contribution in [0.2, 0.25) is 0 Å². The third-order valence-corrected chi connectivity index (χ3v) is 2.22. The van der Waals surface area contributed by atoms with Crippen LogP contribution in [0.25, 0.3) is 0 Å². The molecule has 0 aromatic heterocycles. The number of nitrogens with one attached hydrogen (secondary N) is 1. The number of carbonyl (C=O) groups excluding carboxylic acids is 2. The van der Waals surface area contributed by atoms with Crippen molar-refractivity contribution in [3.8, 4) is 5.75 Å². The number of carbonyl (C=O) groups is 2. The van der Waals surface area contributed by atoms with Crippen LogP contribution in [-0.2, 0) is 9.59 Å². The molecule has 0 aliphatic carbocycles. The summed E-state index contributed by atoms with van der Waals surface area (Å²) >= 11 is 5.13. The van der Waals surface area contributed by atoms with Crippen molar-refractivity contribution in [2.45, 2.75) is 13.3 Å². The molecule has 0 heterocycles. The van der Waals surface area contributed by atoms with Gasteiger partial charge < -0.3 is 10.1 Å². The van der Waals surface area contributed by atoms with Gasteiger partial charge in [0.05, 0.1) is 0 Å². The Morgan fingerprint density at radius 3 is 2.53 bits per heavy atom. The fourth-order valence-corrected chi connectivity index (χ4v) is 1.23. The molecule has 0 spiro atoms. The highest BCUT2D eigenvalue weighted by Gasteiger charge is 2.03. The molecule has 1 aromatic carbocycles. The molecule has 92 valence electrons. The molecule has 0 aliphatic heterocycles. The van der Waals surface area contributed by atoms with E-state index in [1.807, 2.05) is 19.1 Å². The van der Waals surface area contributed by atoms with Crippen LogP contribution in [0.5, 0.6) is 5.75 Å². The van der Waals surface area contributed by atoms with Gasteiger partial charge in [-0.2, -0.15) is 0 Å². The number of halogens is 1. The molecule has 5 heteroatoms. The van der Waals surface area contributed by atoms with Crippen molar-refractivity contribution in [2.24, 2.45) is 0 Å². The number of rotatable bonds is 6. The Morgan fingerprint density at radius 1 is 1.29 bits per heavy atom. The summed E-state index contributed by atoms with van der Waals surface area (Å²) in [6, 6.07) is 7.40. The number of benzene rings is 1. The lowest BCUT2D eigenvalue weighted by Gasteiger charge is -2.06. The predicted octanol–water partition coefficient (Wildman–Crippen LogP) is 1.65. The number of aryl methyl sites for hydroxylation is 1. The summed E-state index contributed by atoms with van der Waals surface area (Å²) in [5.74, 6) is 0.364. The molecule has 0 atom stereocenters. The molecule has 1 rings (SSSR count). The van der Waals surface area contributed by atoms with E-state index < -0.39 is 5.24 Å². The normalized spacial score (nSPS) is 9.76. The fourth-order valence-electron chi connectivity index (χ4n) is 1.13. The Morgan fingerprint density at radius 2 is 1.94 bits per heavy atom. The van der Waals surface area contributed by atoms with E-state index >= 15 is 0 Å². The largest absolute Gasteiger partial charge is 0.484 e. The SMILES string of the molecule is Cc1ccc(OCC(=O)NCCC(=O)Cl)cc1. The van der Waals surface area contributed by atoms with Crippen molar-refractivity contribution in [3.05, 3.63) is 29.8 Å². The maximum atomic E-state index is 11.3. The molecular formula is C12H14ClNO3. The second-order valence-electron chi connectivity index (χ2n) is 3.56. The Hall–Kier alpha value is -1.55. The second-order valence-corrected chi connectivity index (χ2v) is 3.98. The topological polar surface area (TPSA) is 55.4 Å². The van der Waals surface area contributed by atoms with Crippen LogP contribution < -0.4 is 10.1 Å². The molecule has 4 nitrogen and oxygen atoms in total. The first-order valence-corrected chi connectivity index (χ1v) is 5.60. The average Bonchev–Trinajstić information content (AvgIpc) is 2.28. The van der Waals surface area contributed by atoms with Gasteiger partial charge >= 0.3 is 0 Å². The van der Waals surface area contributed by atoms with Crippen LogP contribution in [0.15, 0.2) is 24.3 Å². The van der Waals surface area contributed by atoms with E-state index in [2.05, 4.69) is 5.32 Å². The highest BCUT2D eigenvalue weighted by atomic mass is 35.5. The zero-order valence-electron chi connectivity index (χ0n) is 9.53. The highest BCUT2D eigenvalue weighted by Crippen LogP contribution is 2.10. The van der Waals surface area contributed by atoms with E-state index in [1.165, 1.54) is 0 Å². The third-order valence-electron chi connectivity index (χ3n) is 2.03. The van der Waals surface area contributed by atoms with Crippen molar-refractivity contribution >= 4 is 22.8 Å². The quantitative estimate of drug-likeness (QED) is 0.787. The minimum atomic E-state index is -0.468. The van der Waals surface area contributed by atoms with Crippen molar-refractivity contribution in [2.75, 3.05) is 13.2 Å². The summed E-state index contributed by atoms with van der Waals surface area (Å²) in [5, 5.41) is 2.06. The lowest BCUT2D eigenvalue weighted by Crippen LogP contribution is -2.30. The van der Waals surface area contributed by atoms with E-state index in [0.717, 1.165) is 5.56 Å². The van der Waals surface area contributed by atoms with Crippen LogP contribution in [0.1, 0.15) is 12.0 Å². The monoisotopic (exact) mass is 255 g/mol. The molecule has 0 saturated heterocycles. The van der Waals surface area contributed by atoms with Crippen LogP contribution in [0.4, 0.5) is 0 Å². The summed E-state index contributed by atoms with van der Waals surface area (Å²) in [6.07, 6.45) is 0.123. The predicted molar refractivity (Wildman–Crippen MR) is 65.2 cm³/mol. The van der Waals surface area contributed by atoms with Gasteiger partial charge in [-0.3, -0.25) is 9.59 Å². The molecule has 0 saturated carbocycles. The third kappa shape index (κ3) is 5.92. The van der Waals surface area contributed by atoms with Gasteiger partial charge in [-0.05, 0) is 30.7 Å². The standard InChI is InChI=1S/C12H14ClNO3/c1-9-2-4-10(5-3-9)17-8-12(16)14-7-6-11(13)15/h2-5H,6-8H2,1H3,(H,14,16). The highest BCUT2D eigenvalue weighted by molar-refractivity contribution is 6.63. The molecule has 0 unspecified atom stereocenters. The molecule has 0 bridgehead atoms. The average molecular weight is 256 g/mol. The van der Waals surface area contributed by atoms with Crippen molar-refractivity contribution < 1.29 is 14.3 Å². The summed E-state index contributed by atoms with van der Waals surface area (Å²) in [4.78, 5) is 21.7. The van der Waals surface area contributed by atoms with Crippen LogP contribution in [0.3, 0.4) is 0 Å². The van der Waals surface area contributed by atoms with Crippen molar-refractivity contribution in [3.63, 3.8) is 0 Å². The molecule has 1 amide bonds. The summed E-state index contributed by atoms with van der Waals surface area (Å²) in [7, 11) is 0. The first-order chi connectivity index (χ1) is 8.08. The summed E-state index contributed by atoms with van der Waals surface area (Å²) < 4.78 is 5.25. The molecule has 0 radical (unpaired) electrons. The lowest BCUT2D eigenvalue weighted by atomic mass is 10.2. The van der Waals surface area contributed by atoms with Gasteiger partial charge in [0.15, 0.2) is 6.61 Å². The van der Waals surface area contributed by atoms with E-state index in [9.17, 15) is 9.59 Å². The van der Waals surface area contributed by atoms with Gasteiger partial charge in [0.25, 0.3) is 5.91 Å². The molecule has 1 aromatic rings. The number of ether oxygens (including phenoxy) is 1. The van der Waals surface area contributed by atoms with Gasteiger partial charge in [-0.15, -0.1) is 0 Å². The molecule has 0 aliphatic rings. The second kappa shape index (κ2) is 6.91. The van der Waals surface area contributed by atoms with Gasteiger partial charge in [0.2, 0.25) is 5.24 Å². The van der Waals surface area contributed by atoms with E-state index in [4.69, 9.17) is 16.3 Å². The Kier molecular flexibility index (Phi) is 5.49. The maximum Gasteiger partial charge on any atom is 0.257 e. The van der Waals surface area contributed by atoms with Gasteiger partial charge in [-0.25, -0.2) is 0 Å². The van der Waals surface area contributed by atoms with Crippen LogP contribution >= 0.6 is 11.6 Å². The number of amides is 1. The van der Waals surface area contributed by atoms with E-state index in [1.54, 1.807) is 12.1 Å². The fraction of sp³-hybridized carbons (Fsp3) is 0.333. The Labute approximate surface area is 105 Å². The maximum absolute atomic E-state index is 11.3. The zero-order chi connectivity index (χ0) is 12.7. The summed E-state index contributed by atoms with van der Waals surface area (Å²) in [6.45, 7) is 2.14. The molecule has 1 N–H and O–H groups in total. The first-order valence-electron chi connectivity index (χ1n) is 5.22. The van der Waals surface area contributed by atoms with E-state index in [-0.39, 0.29) is 25.5 Å². The van der Waals surface area contributed by atoms with E-state index in [0.29, 0.717) is 5.75 Å². The molecular weight excluding hydrogens is 242 g/mol. The van der Waals surface area contributed by atoms with Crippen molar-refractivity contribution in [1.29, 1.82) is 0 Å². The first kappa shape index (κ1) is 13.5. The zero-order valence-corrected chi connectivity index (χ0v) is 10.3. The minimum absolute atomic E-state index is 0.0699. The summed E-state index contributed by atoms with van der Waals surface area (Å²) in [5.41, 5.74) is 1.13. The Bertz CT molecular complexity index is 389. The minimum Gasteiger partial charge on any atom is -0.484 e. The number of hydrogen-bond donors (Lipinski definition) is 1. The molecule has 17 heavy (non-hydrogen) atoms. The number of hydrogen-bond acceptors (Lipinski definition) is 3. The van der Waals surface area contributed by atoms with Crippen molar-refractivity contribution in [1.82, 2.24) is 5.32 Å².